The van der Waals surface area contributed by atoms with Crippen LogP contribution in [0.4, 0.5) is 0 Å². The lowest BCUT2D eigenvalue weighted by atomic mass is 10.2. The Bertz CT molecular complexity index is 865. The van der Waals surface area contributed by atoms with Crippen molar-refractivity contribution in [3.05, 3.63) is 69.5 Å². The van der Waals surface area contributed by atoms with E-state index in [0.29, 0.717) is 29.7 Å². The van der Waals surface area contributed by atoms with Gasteiger partial charge in [0, 0.05) is 34.4 Å². The molecule has 0 atom stereocenters. The third-order valence-corrected chi connectivity index (χ3v) is 4.26. The number of aromatic nitrogens is 2. The van der Waals surface area contributed by atoms with E-state index < -0.39 is 0 Å². The van der Waals surface area contributed by atoms with Crippen LogP contribution in [0.15, 0.2) is 57.5 Å². The highest BCUT2D eigenvalue weighted by Crippen LogP contribution is 2.19. The summed E-state index contributed by atoms with van der Waals surface area (Å²) in [5, 5.41) is 7.46. The normalized spacial score (nSPS) is 10.6. The van der Waals surface area contributed by atoms with E-state index in [1.165, 1.54) is 0 Å². The van der Waals surface area contributed by atoms with E-state index in [4.69, 9.17) is 16.1 Å². The number of benzene rings is 2. The highest BCUT2D eigenvalue weighted by molar-refractivity contribution is 9.10. The third kappa shape index (κ3) is 5.14. The summed E-state index contributed by atoms with van der Waals surface area (Å²) in [5.41, 5.74) is 1.85. The van der Waals surface area contributed by atoms with Crippen molar-refractivity contribution in [2.45, 2.75) is 19.4 Å². The van der Waals surface area contributed by atoms with Crippen molar-refractivity contribution >= 4 is 33.4 Å². The number of rotatable bonds is 6. The van der Waals surface area contributed by atoms with E-state index in [0.717, 1.165) is 15.6 Å². The fraction of sp³-hybridized carbons (Fsp3) is 0.167. The molecule has 1 amide bonds. The number of carbonyl (C=O) groups is 1. The van der Waals surface area contributed by atoms with Crippen LogP contribution in [-0.4, -0.2) is 16.0 Å². The van der Waals surface area contributed by atoms with Gasteiger partial charge in [0.1, 0.15) is 0 Å². The molecule has 0 fully saturated rings. The standard InChI is InChI=1S/C18H15BrClN3O2/c19-14-3-1-2-12(10-14)11-21-16(24)8-9-17-22-18(23-25-17)13-4-6-15(20)7-5-13/h1-7,10H,8-9,11H2,(H,21,24). The van der Waals surface area contributed by atoms with Crippen LogP contribution in [0, 0.1) is 0 Å². The quantitative estimate of drug-likeness (QED) is 0.642. The number of nitrogens with zero attached hydrogens (tertiary/aromatic N) is 2. The average Bonchev–Trinajstić information content (AvgIpc) is 3.08. The molecule has 3 rings (SSSR count). The van der Waals surface area contributed by atoms with Crippen LogP contribution >= 0.6 is 27.5 Å². The second kappa shape index (κ2) is 8.27. The largest absolute Gasteiger partial charge is 0.352 e. The molecule has 128 valence electrons. The molecule has 0 spiro atoms. The first-order chi connectivity index (χ1) is 12.1. The topological polar surface area (TPSA) is 68.0 Å². The van der Waals surface area contributed by atoms with Crippen molar-refractivity contribution < 1.29 is 9.32 Å². The van der Waals surface area contributed by atoms with Crippen LogP contribution in [0.2, 0.25) is 5.02 Å². The molecular weight excluding hydrogens is 406 g/mol. The number of nitrogens with one attached hydrogen (secondary N) is 1. The van der Waals surface area contributed by atoms with Gasteiger partial charge in [0.25, 0.3) is 0 Å². The predicted octanol–water partition coefficient (Wildman–Crippen LogP) is 4.40. The Balaban J connectivity index is 1.50. The Morgan fingerprint density at radius 3 is 2.76 bits per heavy atom. The zero-order valence-corrected chi connectivity index (χ0v) is 15.5. The molecule has 1 heterocycles. The lowest BCUT2D eigenvalue weighted by molar-refractivity contribution is -0.121. The molecule has 7 heteroatoms. The molecule has 2 aromatic carbocycles. The third-order valence-electron chi connectivity index (χ3n) is 3.52. The Kier molecular flexibility index (Phi) is 5.83. The average molecular weight is 421 g/mol. The molecular formula is C18H15BrClN3O2. The van der Waals surface area contributed by atoms with Gasteiger partial charge >= 0.3 is 0 Å². The van der Waals surface area contributed by atoms with Crippen LogP contribution in [0.3, 0.4) is 0 Å². The van der Waals surface area contributed by atoms with Crippen molar-refractivity contribution in [3.8, 4) is 11.4 Å². The van der Waals surface area contributed by atoms with Gasteiger partial charge in [-0.3, -0.25) is 4.79 Å². The van der Waals surface area contributed by atoms with Crippen molar-refractivity contribution in [2.75, 3.05) is 0 Å². The Hall–Kier alpha value is -2.18. The minimum Gasteiger partial charge on any atom is -0.352 e. The molecule has 3 aromatic rings. The first kappa shape index (κ1) is 17.6. The summed E-state index contributed by atoms with van der Waals surface area (Å²) < 4.78 is 6.18. The van der Waals surface area contributed by atoms with E-state index in [1.54, 1.807) is 12.1 Å². The summed E-state index contributed by atoms with van der Waals surface area (Å²) in [5.74, 6) is 0.856. The molecule has 0 radical (unpaired) electrons. The second-order valence-corrected chi connectivity index (χ2v) is 6.78. The molecule has 0 saturated carbocycles. The van der Waals surface area contributed by atoms with Crippen LogP contribution in [0.1, 0.15) is 17.9 Å². The van der Waals surface area contributed by atoms with Crippen molar-refractivity contribution in [1.29, 1.82) is 0 Å². The predicted molar refractivity (Wildman–Crippen MR) is 99.1 cm³/mol. The van der Waals surface area contributed by atoms with Gasteiger partial charge in [-0.15, -0.1) is 0 Å². The van der Waals surface area contributed by atoms with Gasteiger partial charge in [-0.05, 0) is 42.0 Å². The van der Waals surface area contributed by atoms with Gasteiger partial charge in [-0.1, -0.05) is 44.8 Å². The number of hydrogen-bond acceptors (Lipinski definition) is 4. The summed E-state index contributed by atoms with van der Waals surface area (Å²) in [6, 6.07) is 15.0. The molecule has 1 N–H and O–H groups in total. The molecule has 25 heavy (non-hydrogen) atoms. The lowest BCUT2D eigenvalue weighted by Crippen LogP contribution is -2.23. The Labute approximate surface area is 158 Å². The highest BCUT2D eigenvalue weighted by Gasteiger charge is 2.10. The number of hydrogen-bond donors (Lipinski definition) is 1. The van der Waals surface area contributed by atoms with Gasteiger partial charge in [-0.2, -0.15) is 4.98 Å². The van der Waals surface area contributed by atoms with E-state index >= 15 is 0 Å². The summed E-state index contributed by atoms with van der Waals surface area (Å²) in [4.78, 5) is 16.3. The monoisotopic (exact) mass is 419 g/mol. The molecule has 0 aliphatic heterocycles. The number of halogens is 2. The lowest BCUT2D eigenvalue weighted by Gasteiger charge is -2.04. The van der Waals surface area contributed by atoms with Gasteiger partial charge < -0.3 is 9.84 Å². The van der Waals surface area contributed by atoms with Crippen LogP contribution < -0.4 is 5.32 Å². The first-order valence-corrected chi connectivity index (χ1v) is 8.87. The van der Waals surface area contributed by atoms with E-state index in [9.17, 15) is 4.79 Å². The maximum absolute atomic E-state index is 12.0. The van der Waals surface area contributed by atoms with Gasteiger partial charge in [0.05, 0.1) is 0 Å². The smallest absolute Gasteiger partial charge is 0.227 e. The van der Waals surface area contributed by atoms with Gasteiger partial charge in [-0.25, -0.2) is 0 Å². The van der Waals surface area contributed by atoms with Crippen molar-refractivity contribution in [2.24, 2.45) is 0 Å². The van der Waals surface area contributed by atoms with E-state index in [2.05, 4.69) is 31.4 Å². The summed E-state index contributed by atoms with van der Waals surface area (Å²) in [7, 11) is 0. The van der Waals surface area contributed by atoms with Gasteiger partial charge in [0.15, 0.2) is 0 Å². The number of amides is 1. The summed E-state index contributed by atoms with van der Waals surface area (Å²) >= 11 is 9.27. The molecule has 0 saturated heterocycles. The molecule has 0 unspecified atom stereocenters. The second-order valence-electron chi connectivity index (χ2n) is 5.43. The number of carbonyl (C=O) groups excluding carboxylic acids is 1. The highest BCUT2D eigenvalue weighted by atomic mass is 79.9. The Morgan fingerprint density at radius 1 is 1.20 bits per heavy atom. The molecule has 0 aliphatic rings. The fourth-order valence-corrected chi connectivity index (χ4v) is 2.80. The van der Waals surface area contributed by atoms with Crippen molar-refractivity contribution in [1.82, 2.24) is 15.5 Å². The van der Waals surface area contributed by atoms with E-state index in [-0.39, 0.29) is 12.3 Å². The summed E-state index contributed by atoms with van der Waals surface area (Å²) in [6.07, 6.45) is 0.682. The van der Waals surface area contributed by atoms with Gasteiger partial charge in [0.2, 0.25) is 17.6 Å². The van der Waals surface area contributed by atoms with E-state index in [1.807, 2.05) is 36.4 Å². The first-order valence-electron chi connectivity index (χ1n) is 7.70. The molecule has 5 nitrogen and oxygen atoms in total. The van der Waals surface area contributed by atoms with Crippen LogP contribution in [0.5, 0.6) is 0 Å². The number of aryl methyl sites for hydroxylation is 1. The minimum absolute atomic E-state index is 0.0637. The fourth-order valence-electron chi connectivity index (χ4n) is 2.23. The SMILES string of the molecule is O=C(CCc1nc(-c2ccc(Cl)cc2)no1)NCc1cccc(Br)c1. The maximum Gasteiger partial charge on any atom is 0.227 e. The molecule has 0 aliphatic carbocycles. The molecule has 0 bridgehead atoms. The van der Waals surface area contributed by atoms with Crippen molar-refractivity contribution in [3.63, 3.8) is 0 Å². The zero-order valence-electron chi connectivity index (χ0n) is 13.2. The Morgan fingerprint density at radius 2 is 2.00 bits per heavy atom. The summed E-state index contributed by atoms with van der Waals surface area (Å²) in [6.45, 7) is 0.484. The molecule has 1 aromatic heterocycles. The minimum atomic E-state index is -0.0637. The zero-order chi connectivity index (χ0) is 17.6. The van der Waals surface area contributed by atoms with Crippen LogP contribution in [-0.2, 0) is 17.8 Å². The maximum atomic E-state index is 12.0. The van der Waals surface area contributed by atoms with Crippen LogP contribution in [0.25, 0.3) is 11.4 Å².